The van der Waals surface area contributed by atoms with Gasteiger partial charge in [0.15, 0.2) is 0 Å². The van der Waals surface area contributed by atoms with Gasteiger partial charge in [0.05, 0.1) is 0 Å². The minimum atomic E-state index is -0.177. The number of carbonyl (C=O) groups excluding carboxylic acids is 1. The minimum absolute atomic E-state index is 0.102. The normalized spacial score (nSPS) is 29.9. The van der Waals surface area contributed by atoms with Crippen LogP contribution in [-0.4, -0.2) is 12.1 Å². The van der Waals surface area contributed by atoms with Gasteiger partial charge in [0, 0.05) is 12.8 Å². The lowest BCUT2D eigenvalue weighted by atomic mass is 10.1. The van der Waals surface area contributed by atoms with Gasteiger partial charge >= 0.3 is 5.97 Å². The first-order chi connectivity index (χ1) is 5.24. The monoisotopic (exact) mass is 154 g/mol. The molecule has 0 aromatic heterocycles. The second-order valence-corrected chi connectivity index (χ2v) is 2.98. The molecule has 0 saturated heterocycles. The average molecular weight is 154 g/mol. The summed E-state index contributed by atoms with van der Waals surface area (Å²) in [6, 6.07) is 0. The lowest BCUT2D eigenvalue weighted by Crippen LogP contribution is -2.18. The fourth-order valence-electron chi connectivity index (χ4n) is 1.58. The van der Waals surface area contributed by atoms with E-state index < -0.39 is 0 Å². The van der Waals surface area contributed by atoms with Crippen LogP contribution in [0.5, 0.6) is 0 Å². The highest BCUT2D eigenvalue weighted by atomic mass is 16.5. The molecule has 2 heteroatoms. The summed E-state index contributed by atoms with van der Waals surface area (Å²) in [4.78, 5) is 10.6. The summed E-state index contributed by atoms with van der Waals surface area (Å²) in [5.41, 5.74) is 0. The van der Waals surface area contributed by atoms with Crippen molar-refractivity contribution >= 4 is 5.97 Å². The Morgan fingerprint density at radius 2 is 2.36 bits per heavy atom. The fraction of sp³-hybridized carbons (Fsp3) is 0.667. The van der Waals surface area contributed by atoms with Gasteiger partial charge < -0.3 is 4.74 Å². The second-order valence-electron chi connectivity index (χ2n) is 2.98. The summed E-state index contributed by atoms with van der Waals surface area (Å²) in [6.45, 7) is 5.17. The molecule has 1 rings (SSSR count). The molecule has 0 radical (unpaired) electrons. The molecule has 2 atom stereocenters. The van der Waals surface area contributed by atoms with Crippen molar-refractivity contribution in [1.82, 2.24) is 0 Å². The van der Waals surface area contributed by atoms with E-state index in [1.54, 1.807) is 0 Å². The molecule has 0 aromatic carbocycles. The van der Waals surface area contributed by atoms with Crippen LogP contribution in [0.2, 0.25) is 0 Å². The largest absolute Gasteiger partial charge is 0.462 e. The zero-order valence-electron chi connectivity index (χ0n) is 6.88. The third-order valence-electron chi connectivity index (χ3n) is 2.12. The van der Waals surface area contributed by atoms with Crippen molar-refractivity contribution in [2.45, 2.75) is 32.3 Å². The molecule has 1 aliphatic rings. The molecular formula is C9H14O2. The second kappa shape index (κ2) is 3.56. The molecule has 0 aliphatic heterocycles. The number of esters is 1. The predicted molar refractivity (Wildman–Crippen MR) is 43.1 cm³/mol. The summed E-state index contributed by atoms with van der Waals surface area (Å²) in [6.07, 6.45) is 5.25. The van der Waals surface area contributed by atoms with Crippen molar-refractivity contribution in [3.05, 3.63) is 12.7 Å². The first-order valence-corrected chi connectivity index (χ1v) is 4.04. The molecule has 1 aliphatic carbocycles. The molecule has 0 aromatic rings. The molecule has 11 heavy (non-hydrogen) atoms. The van der Waals surface area contributed by atoms with Crippen molar-refractivity contribution < 1.29 is 9.53 Å². The maximum Gasteiger partial charge on any atom is 0.302 e. The molecule has 0 N–H and O–H groups in total. The first kappa shape index (κ1) is 8.31. The van der Waals surface area contributed by atoms with Gasteiger partial charge in [-0.3, -0.25) is 4.79 Å². The predicted octanol–water partition coefficient (Wildman–Crippen LogP) is 1.90. The molecule has 1 saturated carbocycles. The van der Waals surface area contributed by atoms with Gasteiger partial charge in [-0.1, -0.05) is 6.08 Å². The number of hydrogen-bond donors (Lipinski definition) is 0. The summed E-state index contributed by atoms with van der Waals surface area (Å²) in [7, 11) is 0. The first-order valence-electron chi connectivity index (χ1n) is 4.04. The average Bonchev–Trinajstić information content (AvgIpc) is 2.34. The van der Waals surface area contributed by atoms with Crippen LogP contribution < -0.4 is 0 Å². The lowest BCUT2D eigenvalue weighted by Gasteiger charge is -2.15. The highest BCUT2D eigenvalue weighted by Crippen LogP contribution is 2.28. The summed E-state index contributed by atoms with van der Waals surface area (Å²) in [5, 5.41) is 0. The van der Waals surface area contributed by atoms with Gasteiger partial charge in [-0.15, -0.1) is 6.58 Å². The molecule has 1 fully saturated rings. The van der Waals surface area contributed by atoms with Crippen LogP contribution in [-0.2, 0) is 9.53 Å². The van der Waals surface area contributed by atoms with Gasteiger partial charge in [-0.2, -0.15) is 0 Å². The highest BCUT2D eigenvalue weighted by molar-refractivity contribution is 5.66. The Balaban J connectivity index is 2.43. The van der Waals surface area contributed by atoms with Crippen LogP contribution >= 0.6 is 0 Å². The Hall–Kier alpha value is -0.790. The highest BCUT2D eigenvalue weighted by Gasteiger charge is 2.26. The lowest BCUT2D eigenvalue weighted by molar-refractivity contribution is -0.147. The molecule has 0 bridgehead atoms. The number of hydrogen-bond acceptors (Lipinski definition) is 2. The standard InChI is InChI=1S/C9H14O2/c1-3-8-5-4-6-9(8)11-7(2)10/h3,8-9H,1,4-6H2,2H3. The van der Waals surface area contributed by atoms with Crippen LogP contribution in [0.1, 0.15) is 26.2 Å². The van der Waals surface area contributed by atoms with Crippen molar-refractivity contribution in [3.8, 4) is 0 Å². The summed E-state index contributed by atoms with van der Waals surface area (Å²) in [5.74, 6) is 0.211. The van der Waals surface area contributed by atoms with E-state index in [9.17, 15) is 4.79 Å². The van der Waals surface area contributed by atoms with E-state index in [1.807, 2.05) is 6.08 Å². The molecular weight excluding hydrogens is 140 g/mol. The molecule has 2 unspecified atom stereocenters. The number of carbonyl (C=O) groups is 1. The maximum absolute atomic E-state index is 10.6. The number of rotatable bonds is 2. The van der Waals surface area contributed by atoms with Gasteiger partial charge in [-0.25, -0.2) is 0 Å². The van der Waals surface area contributed by atoms with Gasteiger partial charge in [0.1, 0.15) is 6.10 Å². The molecule has 62 valence electrons. The van der Waals surface area contributed by atoms with Gasteiger partial charge in [0.25, 0.3) is 0 Å². The van der Waals surface area contributed by atoms with E-state index in [4.69, 9.17) is 4.74 Å². The van der Waals surface area contributed by atoms with Crippen LogP contribution in [0.3, 0.4) is 0 Å². The van der Waals surface area contributed by atoms with Gasteiger partial charge in [-0.05, 0) is 19.3 Å². The van der Waals surface area contributed by atoms with Crippen molar-refractivity contribution in [3.63, 3.8) is 0 Å². The van der Waals surface area contributed by atoms with Crippen LogP contribution in [0.4, 0.5) is 0 Å². The van der Waals surface area contributed by atoms with Crippen LogP contribution in [0, 0.1) is 5.92 Å². The van der Waals surface area contributed by atoms with Crippen molar-refractivity contribution in [2.75, 3.05) is 0 Å². The SMILES string of the molecule is C=CC1CCCC1OC(C)=O. The minimum Gasteiger partial charge on any atom is -0.462 e. The van der Waals surface area contributed by atoms with Crippen LogP contribution in [0.15, 0.2) is 12.7 Å². The van der Waals surface area contributed by atoms with E-state index >= 15 is 0 Å². The molecule has 0 heterocycles. The van der Waals surface area contributed by atoms with Crippen molar-refractivity contribution in [1.29, 1.82) is 0 Å². The zero-order valence-corrected chi connectivity index (χ0v) is 6.88. The van der Waals surface area contributed by atoms with E-state index in [1.165, 1.54) is 6.92 Å². The molecule has 2 nitrogen and oxygen atoms in total. The fourth-order valence-corrected chi connectivity index (χ4v) is 1.58. The Morgan fingerprint density at radius 3 is 2.91 bits per heavy atom. The summed E-state index contributed by atoms with van der Waals surface area (Å²) >= 11 is 0. The number of ether oxygens (including phenoxy) is 1. The third kappa shape index (κ3) is 2.07. The molecule has 0 spiro atoms. The van der Waals surface area contributed by atoms with E-state index in [0.717, 1.165) is 19.3 Å². The quantitative estimate of drug-likeness (QED) is 0.448. The Kier molecular flexibility index (Phi) is 2.69. The molecule has 0 amide bonds. The Bertz CT molecular complexity index is 163. The topological polar surface area (TPSA) is 26.3 Å². The van der Waals surface area contributed by atoms with E-state index in [2.05, 4.69) is 6.58 Å². The Morgan fingerprint density at radius 1 is 1.64 bits per heavy atom. The zero-order chi connectivity index (χ0) is 8.27. The summed E-state index contributed by atoms with van der Waals surface area (Å²) < 4.78 is 5.10. The van der Waals surface area contributed by atoms with E-state index in [0.29, 0.717) is 5.92 Å². The third-order valence-corrected chi connectivity index (χ3v) is 2.12. The smallest absolute Gasteiger partial charge is 0.302 e. The maximum atomic E-state index is 10.6. The van der Waals surface area contributed by atoms with E-state index in [-0.39, 0.29) is 12.1 Å². The Labute approximate surface area is 67.2 Å². The van der Waals surface area contributed by atoms with Crippen molar-refractivity contribution in [2.24, 2.45) is 5.92 Å². The van der Waals surface area contributed by atoms with Gasteiger partial charge in [0.2, 0.25) is 0 Å². The van der Waals surface area contributed by atoms with Crippen LogP contribution in [0.25, 0.3) is 0 Å².